The summed E-state index contributed by atoms with van der Waals surface area (Å²) in [5, 5.41) is 6.20. The van der Waals surface area contributed by atoms with Crippen molar-refractivity contribution in [1.29, 1.82) is 0 Å². The fourth-order valence-electron chi connectivity index (χ4n) is 1.72. The Labute approximate surface area is 106 Å². The van der Waals surface area contributed by atoms with Crippen LogP contribution in [-0.2, 0) is 0 Å². The number of para-hydroxylation sites is 1. The molecule has 0 fully saturated rings. The van der Waals surface area contributed by atoms with Crippen LogP contribution < -0.4 is 10.6 Å². The number of hydrogen-bond acceptors (Lipinski definition) is 3. The highest BCUT2D eigenvalue weighted by atomic mass is 19.1. The summed E-state index contributed by atoms with van der Waals surface area (Å²) in [6, 6.07) is 8.69. The van der Waals surface area contributed by atoms with Gasteiger partial charge in [-0.3, -0.25) is 0 Å². The second-order valence-electron chi connectivity index (χ2n) is 4.02. The maximum Gasteiger partial charge on any atom is 0.146 e. The Morgan fingerprint density at radius 1 is 1.28 bits per heavy atom. The van der Waals surface area contributed by atoms with Crippen LogP contribution in [0.2, 0.25) is 0 Å². The van der Waals surface area contributed by atoms with Crippen molar-refractivity contribution < 1.29 is 4.39 Å². The molecule has 0 aliphatic carbocycles. The molecule has 0 unspecified atom stereocenters. The van der Waals surface area contributed by atoms with Crippen LogP contribution in [0, 0.1) is 12.7 Å². The summed E-state index contributed by atoms with van der Waals surface area (Å²) in [5.41, 5.74) is 2.19. The molecule has 0 aliphatic heterocycles. The molecule has 2 N–H and O–H groups in total. The number of benzene rings is 1. The highest BCUT2D eigenvalue weighted by Crippen LogP contribution is 2.24. The van der Waals surface area contributed by atoms with Gasteiger partial charge in [0.1, 0.15) is 11.6 Å². The monoisotopic (exact) mass is 245 g/mol. The van der Waals surface area contributed by atoms with Crippen molar-refractivity contribution in [2.75, 3.05) is 17.2 Å². The molecule has 18 heavy (non-hydrogen) atoms. The van der Waals surface area contributed by atoms with Gasteiger partial charge in [-0.15, -0.1) is 0 Å². The van der Waals surface area contributed by atoms with E-state index in [0.29, 0.717) is 5.69 Å². The molecule has 2 aromatic rings. The van der Waals surface area contributed by atoms with Crippen molar-refractivity contribution in [3.8, 4) is 0 Å². The summed E-state index contributed by atoms with van der Waals surface area (Å²) < 4.78 is 13.7. The first-order chi connectivity index (χ1) is 8.70. The van der Waals surface area contributed by atoms with Gasteiger partial charge in [0.05, 0.1) is 5.69 Å². The zero-order valence-electron chi connectivity index (χ0n) is 10.5. The van der Waals surface area contributed by atoms with Crippen LogP contribution in [0.5, 0.6) is 0 Å². The van der Waals surface area contributed by atoms with Gasteiger partial charge in [-0.05, 0) is 31.5 Å². The van der Waals surface area contributed by atoms with Crippen molar-refractivity contribution in [1.82, 2.24) is 4.98 Å². The summed E-state index contributed by atoms with van der Waals surface area (Å²) >= 11 is 0. The molecule has 2 rings (SSSR count). The van der Waals surface area contributed by atoms with Gasteiger partial charge in [0.2, 0.25) is 0 Å². The van der Waals surface area contributed by atoms with Crippen LogP contribution in [-0.4, -0.2) is 11.5 Å². The zero-order chi connectivity index (χ0) is 13.0. The average Bonchev–Trinajstić information content (AvgIpc) is 2.35. The van der Waals surface area contributed by atoms with E-state index in [4.69, 9.17) is 0 Å². The van der Waals surface area contributed by atoms with Gasteiger partial charge in [-0.2, -0.15) is 0 Å². The highest BCUT2D eigenvalue weighted by molar-refractivity contribution is 5.65. The van der Waals surface area contributed by atoms with E-state index in [-0.39, 0.29) is 5.82 Å². The van der Waals surface area contributed by atoms with E-state index in [2.05, 4.69) is 15.6 Å². The van der Waals surface area contributed by atoms with Crippen LogP contribution in [0.3, 0.4) is 0 Å². The third-order valence-corrected chi connectivity index (χ3v) is 2.61. The van der Waals surface area contributed by atoms with Gasteiger partial charge in [-0.1, -0.05) is 12.1 Å². The Balaban J connectivity index is 2.26. The normalized spacial score (nSPS) is 10.2. The van der Waals surface area contributed by atoms with E-state index in [1.54, 1.807) is 12.3 Å². The topological polar surface area (TPSA) is 37.0 Å². The van der Waals surface area contributed by atoms with Crippen molar-refractivity contribution in [3.63, 3.8) is 0 Å². The Bertz CT molecular complexity index is 520. The first kappa shape index (κ1) is 12.4. The SMILES string of the molecule is CCNc1cc(Nc2c(C)cccc2F)ccn1. The lowest BCUT2D eigenvalue weighted by Crippen LogP contribution is -2.01. The van der Waals surface area contributed by atoms with E-state index in [9.17, 15) is 4.39 Å². The molecule has 0 amide bonds. The smallest absolute Gasteiger partial charge is 0.146 e. The maximum atomic E-state index is 13.7. The minimum Gasteiger partial charge on any atom is -0.370 e. The zero-order valence-corrected chi connectivity index (χ0v) is 10.5. The summed E-state index contributed by atoms with van der Waals surface area (Å²) in [4.78, 5) is 4.17. The van der Waals surface area contributed by atoms with Crippen LogP contribution >= 0.6 is 0 Å². The van der Waals surface area contributed by atoms with Gasteiger partial charge in [0, 0.05) is 24.5 Å². The number of nitrogens with one attached hydrogen (secondary N) is 2. The van der Waals surface area contributed by atoms with Crippen LogP contribution in [0.15, 0.2) is 36.5 Å². The van der Waals surface area contributed by atoms with Gasteiger partial charge < -0.3 is 10.6 Å². The van der Waals surface area contributed by atoms with Crippen LogP contribution in [0.4, 0.5) is 21.6 Å². The first-order valence-corrected chi connectivity index (χ1v) is 5.92. The maximum absolute atomic E-state index is 13.7. The van der Waals surface area contributed by atoms with Gasteiger partial charge in [0.15, 0.2) is 0 Å². The molecule has 94 valence electrons. The molecule has 0 bridgehead atoms. The Hall–Kier alpha value is -2.10. The molecule has 4 heteroatoms. The third-order valence-electron chi connectivity index (χ3n) is 2.61. The Morgan fingerprint density at radius 3 is 2.83 bits per heavy atom. The molecule has 1 aromatic carbocycles. The van der Waals surface area contributed by atoms with E-state index in [0.717, 1.165) is 23.6 Å². The fraction of sp³-hybridized carbons (Fsp3) is 0.214. The molecule has 0 spiro atoms. The summed E-state index contributed by atoms with van der Waals surface area (Å²) in [7, 11) is 0. The standard InChI is InChI=1S/C14H16FN3/c1-3-16-13-9-11(7-8-17-13)18-14-10(2)5-4-6-12(14)15/h4-9H,3H2,1-2H3,(H2,16,17,18). The average molecular weight is 245 g/mol. The van der Waals surface area contributed by atoms with Crippen LogP contribution in [0.1, 0.15) is 12.5 Å². The van der Waals surface area contributed by atoms with Gasteiger partial charge >= 0.3 is 0 Å². The van der Waals surface area contributed by atoms with Crippen molar-refractivity contribution in [3.05, 3.63) is 47.9 Å². The number of halogens is 1. The van der Waals surface area contributed by atoms with Gasteiger partial charge in [-0.25, -0.2) is 9.37 Å². The van der Waals surface area contributed by atoms with E-state index < -0.39 is 0 Å². The first-order valence-electron chi connectivity index (χ1n) is 5.92. The molecule has 1 aromatic heterocycles. The molecule has 1 heterocycles. The van der Waals surface area contributed by atoms with Crippen molar-refractivity contribution >= 4 is 17.2 Å². The number of pyridine rings is 1. The second kappa shape index (κ2) is 5.49. The number of aryl methyl sites for hydroxylation is 1. The Morgan fingerprint density at radius 2 is 2.11 bits per heavy atom. The minimum atomic E-state index is -0.253. The summed E-state index contributed by atoms with van der Waals surface area (Å²) in [6.45, 7) is 4.68. The predicted molar refractivity (Wildman–Crippen MR) is 72.8 cm³/mol. The highest BCUT2D eigenvalue weighted by Gasteiger charge is 2.05. The lowest BCUT2D eigenvalue weighted by Gasteiger charge is -2.11. The predicted octanol–water partition coefficient (Wildman–Crippen LogP) is 3.70. The largest absolute Gasteiger partial charge is 0.370 e. The van der Waals surface area contributed by atoms with Crippen molar-refractivity contribution in [2.45, 2.75) is 13.8 Å². The fourth-order valence-corrected chi connectivity index (χ4v) is 1.72. The summed E-state index contributed by atoms with van der Waals surface area (Å²) in [6.07, 6.45) is 1.69. The lowest BCUT2D eigenvalue weighted by molar-refractivity contribution is 0.631. The molecule has 0 saturated carbocycles. The number of rotatable bonds is 4. The number of aromatic nitrogens is 1. The minimum absolute atomic E-state index is 0.253. The third kappa shape index (κ3) is 2.77. The van der Waals surface area contributed by atoms with E-state index in [1.165, 1.54) is 6.07 Å². The van der Waals surface area contributed by atoms with E-state index in [1.807, 2.05) is 32.0 Å². The molecule has 0 atom stereocenters. The molecule has 0 radical (unpaired) electrons. The summed E-state index contributed by atoms with van der Waals surface area (Å²) in [5.74, 6) is 0.522. The molecule has 3 nitrogen and oxygen atoms in total. The molecule has 0 saturated heterocycles. The van der Waals surface area contributed by atoms with Crippen molar-refractivity contribution in [2.24, 2.45) is 0 Å². The van der Waals surface area contributed by atoms with E-state index >= 15 is 0 Å². The number of hydrogen-bond donors (Lipinski definition) is 2. The second-order valence-corrected chi connectivity index (χ2v) is 4.02. The van der Waals surface area contributed by atoms with Crippen LogP contribution in [0.25, 0.3) is 0 Å². The molecular formula is C14H16FN3. The quantitative estimate of drug-likeness (QED) is 0.862. The number of anilines is 3. The molecule has 0 aliphatic rings. The lowest BCUT2D eigenvalue weighted by atomic mass is 10.2. The number of nitrogens with zero attached hydrogens (tertiary/aromatic N) is 1. The Kier molecular flexibility index (Phi) is 3.77. The van der Waals surface area contributed by atoms with Gasteiger partial charge in [0.25, 0.3) is 0 Å². The molecular weight excluding hydrogens is 229 g/mol.